The highest BCUT2D eigenvalue weighted by Gasteiger charge is 2.10. The van der Waals surface area contributed by atoms with E-state index in [1.54, 1.807) is 12.4 Å². The van der Waals surface area contributed by atoms with Crippen LogP contribution in [-0.2, 0) is 12.8 Å². The summed E-state index contributed by atoms with van der Waals surface area (Å²) in [6, 6.07) is 16.2. The third-order valence-electron chi connectivity index (χ3n) is 7.13. The predicted octanol–water partition coefficient (Wildman–Crippen LogP) is 9.56. The molecule has 3 aromatic rings. The topological polar surface area (TPSA) is 52.1 Å². The minimum atomic E-state index is -0.388. The Morgan fingerprint density at radius 3 is 1.55 bits per heavy atom. The van der Waals surface area contributed by atoms with Crippen LogP contribution in [0.25, 0.3) is 11.4 Å². The summed E-state index contributed by atoms with van der Waals surface area (Å²) in [5, 5.41) is 0. The van der Waals surface area contributed by atoms with Crippen molar-refractivity contribution in [2.24, 2.45) is 0 Å². The van der Waals surface area contributed by atoms with Gasteiger partial charge in [0.05, 0.1) is 18.0 Å². The van der Waals surface area contributed by atoms with E-state index in [1.165, 1.54) is 94.6 Å². The minimum absolute atomic E-state index is 0.352. The standard InChI is InChI=1S/C34H46N2O2/c1-3-5-7-9-10-11-13-15-17-28-18-22-30(23-19-28)33-35-26-32(27-36-33)38-34(37)31-24-20-29(21-25-31)16-14-12-8-6-4-2/h18-27H,3-17H2,1-2H3. The van der Waals surface area contributed by atoms with Crippen LogP contribution in [0.5, 0.6) is 5.75 Å². The van der Waals surface area contributed by atoms with Crippen LogP contribution >= 0.6 is 0 Å². The Balaban J connectivity index is 1.40. The first-order chi connectivity index (χ1) is 18.7. The molecule has 2 aromatic carbocycles. The van der Waals surface area contributed by atoms with E-state index in [2.05, 4.69) is 48.1 Å². The summed E-state index contributed by atoms with van der Waals surface area (Å²) in [7, 11) is 0. The maximum absolute atomic E-state index is 12.6. The molecule has 0 radical (unpaired) electrons. The molecule has 0 atom stereocenters. The van der Waals surface area contributed by atoms with Gasteiger partial charge in [-0.15, -0.1) is 0 Å². The summed E-state index contributed by atoms with van der Waals surface area (Å²) in [4.78, 5) is 21.4. The van der Waals surface area contributed by atoms with Crippen molar-refractivity contribution in [1.29, 1.82) is 0 Å². The number of aromatic nitrogens is 2. The van der Waals surface area contributed by atoms with E-state index < -0.39 is 0 Å². The second-order valence-corrected chi connectivity index (χ2v) is 10.4. The van der Waals surface area contributed by atoms with Crippen molar-refractivity contribution >= 4 is 5.97 Å². The number of unbranched alkanes of at least 4 members (excludes halogenated alkanes) is 11. The van der Waals surface area contributed by atoms with Crippen LogP contribution in [0.2, 0.25) is 0 Å². The molecule has 0 N–H and O–H groups in total. The number of esters is 1. The van der Waals surface area contributed by atoms with Crippen molar-refractivity contribution in [2.75, 3.05) is 0 Å². The first-order valence-electron chi connectivity index (χ1n) is 14.9. The summed E-state index contributed by atoms with van der Waals surface area (Å²) in [6.07, 6.45) is 22.3. The predicted molar refractivity (Wildman–Crippen MR) is 158 cm³/mol. The van der Waals surface area contributed by atoms with Gasteiger partial charge in [0.1, 0.15) is 0 Å². The molecule has 0 fully saturated rings. The first-order valence-corrected chi connectivity index (χ1v) is 14.9. The molecule has 0 saturated heterocycles. The highest BCUT2D eigenvalue weighted by Crippen LogP contribution is 2.20. The maximum Gasteiger partial charge on any atom is 0.343 e. The molecule has 0 saturated carbocycles. The van der Waals surface area contributed by atoms with Crippen molar-refractivity contribution < 1.29 is 9.53 Å². The Kier molecular flexibility index (Phi) is 13.6. The van der Waals surface area contributed by atoms with Gasteiger partial charge in [-0.2, -0.15) is 0 Å². The zero-order valence-corrected chi connectivity index (χ0v) is 23.6. The normalized spacial score (nSPS) is 11.0. The molecule has 4 heteroatoms. The average Bonchev–Trinajstić information content (AvgIpc) is 2.95. The molecule has 38 heavy (non-hydrogen) atoms. The third-order valence-corrected chi connectivity index (χ3v) is 7.13. The first kappa shape index (κ1) is 29.5. The second kappa shape index (κ2) is 17.5. The summed E-state index contributed by atoms with van der Waals surface area (Å²) in [5.74, 6) is 0.595. The lowest BCUT2D eigenvalue weighted by Crippen LogP contribution is -2.09. The molecule has 4 nitrogen and oxygen atoms in total. The van der Waals surface area contributed by atoms with E-state index in [-0.39, 0.29) is 5.97 Å². The smallest absolute Gasteiger partial charge is 0.343 e. The van der Waals surface area contributed by atoms with Gasteiger partial charge in [0.15, 0.2) is 11.6 Å². The highest BCUT2D eigenvalue weighted by atomic mass is 16.5. The second-order valence-electron chi connectivity index (χ2n) is 10.4. The molecule has 0 aliphatic rings. The molecule has 3 rings (SSSR count). The van der Waals surface area contributed by atoms with Crippen LogP contribution in [0, 0.1) is 0 Å². The van der Waals surface area contributed by atoms with Gasteiger partial charge in [0, 0.05) is 5.56 Å². The molecule has 1 aromatic heterocycles. The van der Waals surface area contributed by atoms with Crippen LogP contribution in [-0.4, -0.2) is 15.9 Å². The number of hydrogen-bond donors (Lipinski definition) is 0. The van der Waals surface area contributed by atoms with E-state index in [1.807, 2.05) is 24.3 Å². The fraction of sp³-hybridized carbons (Fsp3) is 0.500. The Bertz CT molecular complexity index is 1040. The van der Waals surface area contributed by atoms with Crippen molar-refractivity contribution in [1.82, 2.24) is 9.97 Å². The lowest BCUT2D eigenvalue weighted by Gasteiger charge is -2.07. The Labute approximate surface area is 230 Å². The number of nitrogens with zero attached hydrogens (tertiary/aromatic N) is 2. The van der Waals surface area contributed by atoms with Gasteiger partial charge >= 0.3 is 5.97 Å². The summed E-state index contributed by atoms with van der Waals surface area (Å²) < 4.78 is 5.50. The van der Waals surface area contributed by atoms with E-state index in [0.29, 0.717) is 17.1 Å². The SMILES string of the molecule is CCCCCCCCCCc1ccc(-c2ncc(OC(=O)c3ccc(CCCCCCC)cc3)cn2)cc1. The Morgan fingerprint density at radius 1 is 0.605 bits per heavy atom. The number of rotatable bonds is 18. The summed E-state index contributed by atoms with van der Waals surface area (Å²) in [6.45, 7) is 4.50. The maximum atomic E-state index is 12.6. The average molecular weight is 515 g/mol. The number of carbonyl (C=O) groups excluding carboxylic acids is 1. The van der Waals surface area contributed by atoms with Crippen LogP contribution in [0.4, 0.5) is 0 Å². The molecular formula is C34H46N2O2. The van der Waals surface area contributed by atoms with Gasteiger partial charge in [-0.1, -0.05) is 121 Å². The zero-order chi connectivity index (χ0) is 26.8. The molecule has 0 amide bonds. The van der Waals surface area contributed by atoms with Crippen LogP contribution in [0.3, 0.4) is 0 Å². The van der Waals surface area contributed by atoms with Crippen molar-refractivity contribution in [3.8, 4) is 17.1 Å². The quantitative estimate of drug-likeness (QED) is 0.125. The van der Waals surface area contributed by atoms with Crippen LogP contribution in [0.1, 0.15) is 119 Å². The van der Waals surface area contributed by atoms with Crippen molar-refractivity contribution in [3.63, 3.8) is 0 Å². The highest BCUT2D eigenvalue weighted by molar-refractivity contribution is 5.91. The van der Waals surface area contributed by atoms with E-state index in [9.17, 15) is 4.79 Å². The van der Waals surface area contributed by atoms with Gasteiger partial charge in [-0.3, -0.25) is 0 Å². The van der Waals surface area contributed by atoms with Gasteiger partial charge < -0.3 is 4.74 Å². The van der Waals surface area contributed by atoms with Crippen LogP contribution in [0.15, 0.2) is 60.9 Å². The minimum Gasteiger partial charge on any atom is -0.420 e. The number of benzene rings is 2. The lowest BCUT2D eigenvalue weighted by molar-refractivity contribution is 0.0733. The van der Waals surface area contributed by atoms with Gasteiger partial charge in [0.2, 0.25) is 0 Å². The molecular weight excluding hydrogens is 468 g/mol. The van der Waals surface area contributed by atoms with Crippen LogP contribution < -0.4 is 4.74 Å². The Hall–Kier alpha value is -3.01. The fourth-order valence-electron chi connectivity index (χ4n) is 4.71. The Morgan fingerprint density at radius 2 is 1.05 bits per heavy atom. The third kappa shape index (κ3) is 10.8. The number of ether oxygens (including phenoxy) is 1. The summed E-state index contributed by atoms with van der Waals surface area (Å²) in [5.41, 5.74) is 4.12. The van der Waals surface area contributed by atoms with Gasteiger partial charge in [0.25, 0.3) is 0 Å². The molecule has 1 heterocycles. The van der Waals surface area contributed by atoms with E-state index >= 15 is 0 Å². The van der Waals surface area contributed by atoms with Gasteiger partial charge in [-0.05, 0) is 48.9 Å². The van der Waals surface area contributed by atoms with Gasteiger partial charge in [-0.25, -0.2) is 14.8 Å². The molecule has 0 bridgehead atoms. The molecule has 0 spiro atoms. The largest absolute Gasteiger partial charge is 0.420 e. The number of carbonyl (C=O) groups is 1. The van der Waals surface area contributed by atoms with E-state index in [0.717, 1.165) is 18.4 Å². The molecule has 204 valence electrons. The van der Waals surface area contributed by atoms with Crippen molar-refractivity contribution in [3.05, 3.63) is 77.6 Å². The molecule has 0 unspecified atom stereocenters. The zero-order valence-electron chi connectivity index (χ0n) is 23.6. The number of aryl methyl sites for hydroxylation is 2. The van der Waals surface area contributed by atoms with E-state index in [4.69, 9.17) is 4.74 Å². The summed E-state index contributed by atoms with van der Waals surface area (Å²) >= 11 is 0. The van der Waals surface area contributed by atoms with Crippen molar-refractivity contribution in [2.45, 2.75) is 110 Å². The monoisotopic (exact) mass is 514 g/mol. The fourth-order valence-corrected chi connectivity index (χ4v) is 4.71. The molecule has 0 aliphatic heterocycles. The number of hydrogen-bond acceptors (Lipinski definition) is 4. The molecule has 0 aliphatic carbocycles. The lowest BCUT2D eigenvalue weighted by atomic mass is 10.0.